The standard InChI is InChI=1S/C30H41N7O3S/c1-4-5-8-15-37(30(40)26(17-27(31)38)32-29(39)23(19-41)16-20(2)3)18-21-11-13-22(14-12-21)24-9-6-7-10-25(24)28-33-35-36-34-28/h6-7,9-14,20,23,26,41H,4-5,8,15-19H2,1-3H3,(H2,31,38)(H,32,39)(H,33,34,35,36)/t23?,26-/m0/s1. The number of unbranched alkanes of at least 4 members (excludes halogenated alkanes) is 2. The summed E-state index contributed by atoms with van der Waals surface area (Å²) in [6.07, 6.45) is 3.14. The molecule has 0 saturated heterocycles. The lowest BCUT2D eigenvalue weighted by Gasteiger charge is -2.29. The van der Waals surface area contributed by atoms with Crippen LogP contribution in [0.4, 0.5) is 0 Å². The largest absolute Gasteiger partial charge is 0.370 e. The number of hydrogen-bond donors (Lipinski definition) is 4. The minimum Gasteiger partial charge on any atom is -0.370 e. The molecule has 3 amide bonds. The van der Waals surface area contributed by atoms with Crippen molar-refractivity contribution < 1.29 is 14.4 Å². The van der Waals surface area contributed by atoms with Gasteiger partial charge in [0, 0.05) is 30.3 Å². The number of nitrogens with two attached hydrogens (primary N) is 1. The molecule has 41 heavy (non-hydrogen) atoms. The van der Waals surface area contributed by atoms with Crippen LogP contribution in [0.2, 0.25) is 0 Å². The molecule has 0 aliphatic carbocycles. The topological polar surface area (TPSA) is 147 Å². The number of carbonyl (C=O) groups excluding carboxylic acids is 3. The van der Waals surface area contributed by atoms with Crippen LogP contribution in [0.5, 0.6) is 0 Å². The van der Waals surface area contributed by atoms with Crippen LogP contribution in [-0.4, -0.2) is 61.6 Å². The van der Waals surface area contributed by atoms with E-state index in [1.54, 1.807) is 4.90 Å². The minimum absolute atomic E-state index is 0.262. The van der Waals surface area contributed by atoms with Crippen LogP contribution in [0.15, 0.2) is 48.5 Å². The number of nitrogens with zero attached hydrogens (tertiary/aromatic N) is 4. The monoisotopic (exact) mass is 579 g/mol. The van der Waals surface area contributed by atoms with Crippen LogP contribution in [0.3, 0.4) is 0 Å². The Morgan fingerprint density at radius 3 is 2.34 bits per heavy atom. The predicted octanol–water partition coefficient (Wildman–Crippen LogP) is 4.00. The number of tetrazole rings is 1. The van der Waals surface area contributed by atoms with E-state index in [-0.39, 0.29) is 30.1 Å². The van der Waals surface area contributed by atoms with Crippen molar-refractivity contribution in [2.24, 2.45) is 17.6 Å². The molecule has 2 atom stereocenters. The molecule has 0 aliphatic rings. The Hall–Kier alpha value is -3.73. The van der Waals surface area contributed by atoms with Gasteiger partial charge in [-0.05, 0) is 45.9 Å². The average Bonchev–Trinajstić information content (AvgIpc) is 3.50. The maximum absolute atomic E-state index is 13.8. The number of amides is 3. The molecule has 11 heteroatoms. The summed E-state index contributed by atoms with van der Waals surface area (Å²) in [7, 11) is 0. The van der Waals surface area contributed by atoms with Crippen LogP contribution < -0.4 is 11.1 Å². The number of aromatic nitrogens is 4. The van der Waals surface area contributed by atoms with Crippen molar-refractivity contribution in [1.82, 2.24) is 30.8 Å². The second-order valence-corrected chi connectivity index (χ2v) is 11.1. The van der Waals surface area contributed by atoms with E-state index in [9.17, 15) is 14.4 Å². The van der Waals surface area contributed by atoms with Gasteiger partial charge < -0.3 is 16.0 Å². The third-order valence-corrected chi connectivity index (χ3v) is 7.32. The lowest BCUT2D eigenvalue weighted by atomic mass is 9.97. The van der Waals surface area contributed by atoms with Crippen molar-refractivity contribution in [3.63, 3.8) is 0 Å². The highest BCUT2D eigenvalue weighted by molar-refractivity contribution is 7.80. The van der Waals surface area contributed by atoms with Crippen molar-refractivity contribution in [2.75, 3.05) is 12.3 Å². The van der Waals surface area contributed by atoms with Crippen molar-refractivity contribution in [3.8, 4) is 22.5 Å². The van der Waals surface area contributed by atoms with E-state index < -0.39 is 11.9 Å². The summed E-state index contributed by atoms with van der Waals surface area (Å²) in [4.78, 5) is 40.4. The first kappa shape index (κ1) is 31.8. The molecule has 0 radical (unpaired) electrons. The Bertz CT molecular complexity index is 1270. The van der Waals surface area contributed by atoms with Crippen molar-refractivity contribution in [1.29, 1.82) is 0 Å². The van der Waals surface area contributed by atoms with Gasteiger partial charge in [0.25, 0.3) is 0 Å². The van der Waals surface area contributed by atoms with Gasteiger partial charge in [-0.15, -0.1) is 5.10 Å². The van der Waals surface area contributed by atoms with Crippen LogP contribution in [0.1, 0.15) is 58.4 Å². The molecule has 1 aromatic heterocycles. The van der Waals surface area contributed by atoms with Gasteiger partial charge in [0.15, 0.2) is 5.82 Å². The first-order chi connectivity index (χ1) is 19.7. The van der Waals surface area contributed by atoms with E-state index >= 15 is 0 Å². The minimum atomic E-state index is -1.03. The van der Waals surface area contributed by atoms with Crippen LogP contribution in [0.25, 0.3) is 22.5 Å². The molecule has 4 N–H and O–H groups in total. The summed E-state index contributed by atoms with van der Waals surface area (Å²) < 4.78 is 0. The number of benzene rings is 2. The Labute approximate surface area is 247 Å². The van der Waals surface area contributed by atoms with Gasteiger partial charge in [-0.1, -0.05) is 82.1 Å². The van der Waals surface area contributed by atoms with Gasteiger partial charge in [0.05, 0.1) is 6.42 Å². The van der Waals surface area contributed by atoms with Gasteiger partial charge in [-0.2, -0.15) is 12.6 Å². The van der Waals surface area contributed by atoms with Crippen molar-refractivity contribution in [3.05, 3.63) is 54.1 Å². The van der Waals surface area contributed by atoms with Gasteiger partial charge in [-0.25, -0.2) is 5.10 Å². The molecular formula is C30H41N7O3S. The lowest BCUT2D eigenvalue weighted by molar-refractivity contribution is -0.139. The molecule has 2 aromatic carbocycles. The van der Waals surface area contributed by atoms with Crippen LogP contribution in [-0.2, 0) is 20.9 Å². The fourth-order valence-corrected chi connectivity index (χ4v) is 5.10. The highest BCUT2D eigenvalue weighted by Gasteiger charge is 2.30. The zero-order valence-electron chi connectivity index (χ0n) is 24.0. The highest BCUT2D eigenvalue weighted by Crippen LogP contribution is 2.30. The number of carbonyl (C=O) groups is 3. The summed E-state index contributed by atoms with van der Waals surface area (Å²) >= 11 is 4.34. The quantitative estimate of drug-likeness (QED) is 0.149. The Morgan fingerprint density at radius 1 is 1.05 bits per heavy atom. The number of rotatable bonds is 16. The third-order valence-electron chi connectivity index (χ3n) is 6.88. The average molecular weight is 580 g/mol. The van der Waals surface area contributed by atoms with Crippen molar-refractivity contribution in [2.45, 2.75) is 65.5 Å². The number of primary amides is 1. The number of thiol groups is 1. The Morgan fingerprint density at radius 2 is 1.76 bits per heavy atom. The normalized spacial score (nSPS) is 12.6. The molecule has 10 nitrogen and oxygen atoms in total. The molecular weight excluding hydrogens is 538 g/mol. The molecule has 0 aliphatic heterocycles. The second-order valence-electron chi connectivity index (χ2n) is 10.7. The zero-order valence-corrected chi connectivity index (χ0v) is 24.9. The molecule has 0 fully saturated rings. The SMILES string of the molecule is CCCCCN(Cc1ccc(-c2ccccc2-c2nnn[nH]2)cc1)C(=O)[C@H](CC(N)=O)NC(=O)C(CS)CC(C)C. The number of hydrogen-bond acceptors (Lipinski definition) is 7. The van der Waals surface area contributed by atoms with Crippen LogP contribution in [0, 0.1) is 11.8 Å². The fourth-order valence-electron chi connectivity index (χ4n) is 4.79. The smallest absolute Gasteiger partial charge is 0.245 e. The molecule has 3 aromatic rings. The molecule has 1 unspecified atom stereocenters. The molecule has 1 heterocycles. The summed E-state index contributed by atoms with van der Waals surface area (Å²) in [6.45, 7) is 6.99. The second kappa shape index (κ2) is 15.9. The molecule has 0 bridgehead atoms. The summed E-state index contributed by atoms with van der Waals surface area (Å²) in [6, 6.07) is 14.8. The fraction of sp³-hybridized carbons (Fsp3) is 0.467. The number of nitrogens with one attached hydrogen (secondary N) is 2. The molecule has 0 saturated carbocycles. The maximum Gasteiger partial charge on any atom is 0.245 e. The Balaban J connectivity index is 1.82. The van der Waals surface area contributed by atoms with Gasteiger partial charge in [-0.3, -0.25) is 14.4 Å². The van der Waals surface area contributed by atoms with E-state index in [4.69, 9.17) is 5.73 Å². The Kier molecular flexibility index (Phi) is 12.3. The summed E-state index contributed by atoms with van der Waals surface area (Å²) in [5.41, 5.74) is 9.25. The van der Waals surface area contributed by atoms with Gasteiger partial charge >= 0.3 is 0 Å². The van der Waals surface area contributed by atoms with Gasteiger partial charge in [0.1, 0.15) is 6.04 Å². The predicted molar refractivity (Wildman–Crippen MR) is 163 cm³/mol. The van der Waals surface area contributed by atoms with Crippen LogP contribution >= 0.6 is 12.6 Å². The number of aromatic amines is 1. The third kappa shape index (κ3) is 9.41. The molecule has 3 rings (SSSR count). The summed E-state index contributed by atoms with van der Waals surface area (Å²) in [5.74, 6) is -0.393. The van der Waals surface area contributed by atoms with Gasteiger partial charge in [0.2, 0.25) is 17.7 Å². The molecule has 220 valence electrons. The molecule has 0 spiro atoms. The highest BCUT2D eigenvalue weighted by atomic mass is 32.1. The van der Waals surface area contributed by atoms with Crippen molar-refractivity contribution >= 4 is 30.4 Å². The van der Waals surface area contributed by atoms with E-state index in [2.05, 4.69) is 45.5 Å². The first-order valence-electron chi connectivity index (χ1n) is 14.1. The number of H-pyrrole nitrogens is 1. The van der Waals surface area contributed by atoms with E-state index in [1.807, 2.05) is 62.4 Å². The zero-order chi connectivity index (χ0) is 29.8. The van der Waals surface area contributed by atoms with E-state index in [0.29, 0.717) is 31.1 Å². The lowest BCUT2D eigenvalue weighted by Crippen LogP contribution is -2.51. The van der Waals surface area contributed by atoms with E-state index in [0.717, 1.165) is 41.5 Å². The first-order valence-corrected chi connectivity index (χ1v) is 14.8. The summed E-state index contributed by atoms with van der Waals surface area (Å²) in [5, 5.41) is 17.0. The maximum atomic E-state index is 13.8. The van der Waals surface area contributed by atoms with E-state index in [1.165, 1.54) is 0 Å².